The number of hydrogen-bond acceptors (Lipinski definition) is 2. The van der Waals surface area contributed by atoms with Crippen molar-refractivity contribution < 1.29 is 14.0 Å². The number of likely N-dealkylation sites (tertiary alicyclic amines) is 1. The summed E-state index contributed by atoms with van der Waals surface area (Å²) in [6.45, 7) is 5.38. The van der Waals surface area contributed by atoms with Crippen molar-refractivity contribution in [1.82, 2.24) is 10.2 Å². The summed E-state index contributed by atoms with van der Waals surface area (Å²) >= 11 is 0. The van der Waals surface area contributed by atoms with Gasteiger partial charge < -0.3 is 10.2 Å². The minimum Gasteiger partial charge on any atom is -0.351 e. The second-order valence-electron chi connectivity index (χ2n) is 7.51. The number of nitrogens with one attached hydrogen (secondary N) is 1. The average Bonchev–Trinajstić information content (AvgIpc) is 2.67. The van der Waals surface area contributed by atoms with E-state index < -0.39 is 5.41 Å². The fourth-order valence-corrected chi connectivity index (χ4v) is 3.57. The predicted octanol–water partition coefficient (Wildman–Crippen LogP) is 3.69. The molecule has 0 unspecified atom stereocenters. The van der Waals surface area contributed by atoms with E-state index in [0.717, 1.165) is 24.0 Å². The fourth-order valence-electron chi connectivity index (χ4n) is 3.57. The molecule has 0 radical (unpaired) electrons. The monoisotopic (exact) mass is 368 g/mol. The Balaban J connectivity index is 1.66. The third-order valence-corrected chi connectivity index (χ3v) is 5.32. The first-order valence-corrected chi connectivity index (χ1v) is 9.27. The molecule has 0 saturated carbocycles. The lowest BCUT2D eigenvalue weighted by Gasteiger charge is -2.39. The quantitative estimate of drug-likeness (QED) is 0.895. The van der Waals surface area contributed by atoms with Crippen LogP contribution in [0.1, 0.15) is 41.3 Å². The number of hydrogen-bond donors (Lipinski definition) is 1. The highest BCUT2D eigenvalue weighted by molar-refractivity contribution is 5.95. The molecular weight excluding hydrogens is 343 g/mol. The summed E-state index contributed by atoms with van der Waals surface area (Å²) in [5.41, 5.74) is 2.04. The summed E-state index contributed by atoms with van der Waals surface area (Å²) in [4.78, 5) is 27.3. The Morgan fingerprint density at radius 1 is 1.15 bits per heavy atom. The van der Waals surface area contributed by atoms with E-state index in [1.165, 1.54) is 24.3 Å². The molecule has 2 aromatic carbocycles. The van der Waals surface area contributed by atoms with Gasteiger partial charge in [0, 0.05) is 25.2 Å². The molecule has 1 fully saturated rings. The maximum atomic E-state index is 13.1. The molecule has 0 spiro atoms. The summed E-state index contributed by atoms with van der Waals surface area (Å²) in [7, 11) is 0. The van der Waals surface area contributed by atoms with Gasteiger partial charge in [0.15, 0.2) is 0 Å². The molecule has 0 bridgehead atoms. The van der Waals surface area contributed by atoms with Crippen LogP contribution in [0, 0.1) is 18.2 Å². The molecule has 2 aromatic rings. The van der Waals surface area contributed by atoms with Crippen molar-refractivity contribution in [3.05, 3.63) is 71.0 Å². The van der Waals surface area contributed by atoms with Crippen molar-refractivity contribution in [3.8, 4) is 0 Å². The van der Waals surface area contributed by atoms with E-state index in [9.17, 15) is 14.0 Å². The summed E-state index contributed by atoms with van der Waals surface area (Å²) in [6, 6.07) is 13.5. The number of carbonyl (C=O) groups excluding carboxylic acids is 2. The van der Waals surface area contributed by atoms with E-state index in [1.807, 2.05) is 38.1 Å². The van der Waals surface area contributed by atoms with Gasteiger partial charge in [0.25, 0.3) is 5.91 Å². The molecule has 2 amide bonds. The van der Waals surface area contributed by atoms with Gasteiger partial charge in [-0.1, -0.05) is 24.3 Å². The molecule has 142 valence electrons. The third-order valence-electron chi connectivity index (χ3n) is 5.32. The molecule has 1 N–H and O–H groups in total. The van der Waals surface area contributed by atoms with Crippen LogP contribution in [-0.2, 0) is 11.3 Å². The van der Waals surface area contributed by atoms with Crippen LogP contribution in [-0.4, -0.2) is 29.8 Å². The van der Waals surface area contributed by atoms with Gasteiger partial charge in [-0.15, -0.1) is 0 Å². The predicted molar refractivity (Wildman–Crippen MR) is 103 cm³/mol. The largest absolute Gasteiger partial charge is 0.351 e. The van der Waals surface area contributed by atoms with Crippen LogP contribution in [0.3, 0.4) is 0 Å². The maximum absolute atomic E-state index is 13.1. The van der Waals surface area contributed by atoms with Crippen molar-refractivity contribution in [2.24, 2.45) is 5.41 Å². The summed E-state index contributed by atoms with van der Waals surface area (Å²) in [6.07, 6.45) is 1.50. The lowest BCUT2D eigenvalue weighted by molar-refractivity contribution is -0.132. The van der Waals surface area contributed by atoms with Gasteiger partial charge in [-0.3, -0.25) is 9.59 Å². The van der Waals surface area contributed by atoms with Gasteiger partial charge in [-0.05, 0) is 62.1 Å². The highest BCUT2D eigenvalue weighted by Crippen LogP contribution is 2.30. The van der Waals surface area contributed by atoms with Crippen molar-refractivity contribution in [1.29, 1.82) is 0 Å². The fraction of sp³-hybridized carbons (Fsp3) is 0.364. The number of nitrogens with zero attached hydrogens (tertiary/aromatic N) is 1. The molecule has 5 heteroatoms. The SMILES string of the molecule is Cc1ccccc1CNC(=O)[C@]1(C)CCCN(C(=O)c2ccc(F)cc2)C1. The molecule has 3 rings (SSSR count). The van der Waals surface area contributed by atoms with Gasteiger partial charge >= 0.3 is 0 Å². The summed E-state index contributed by atoms with van der Waals surface area (Å²) in [5, 5.41) is 3.03. The highest BCUT2D eigenvalue weighted by atomic mass is 19.1. The van der Waals surface area contributed by atoms with Crippen LogP contribution in [0.15, 0.2) is 48.5 Å². The Hall–Kier alpha value is -2.69. The first-order valence-electron chi connectivity index (χ1n) is 9.27. The Kier molecular flexibility index (Phi) is 5.59. The van der Waals surface area contributed by atoms with Crippen molar-refractivity contribution in [2.45, 2.75) is 33.2 Å². The Morgan fingerprint density at radius 3 is 2.56 bits per heavy atom. The topological polar surface area (TPSA) is 49.4 Å². The molecule has 1 aliphatic heterocycles. The van der Waals surface area contributed by atoms with Gasteiger partial charge in [-0.25, -0.2) is 4.39 Å². The number of rotatable bonds is 4. The zero-order valence-corrected chi connectivity index (χ0v) is 15.8. The van der Waals surface area contributed by atoms with E-state index in [0.29, 0.717) is 25.2 Å². The first kappa shape index (κ1) is 19.1. The highest BCUT2D eigenvalue weighted by Gasteiger charge is 2.39. The second kappa shape index (κ2) is 7.91. The smallest absolute Gasteiger partial charge is 0.253 e. The number of piperidine rings is 1. The molecule has 4 nitrogen and oxygen atoms in total. The molecule has 0 aromatic heterocycles. The molecule has 0 aliphatic carbocycles. The van der Waals surface area contributed by atoms with Gasteiger partial charge in [-0.2, -0.15) is 0 Å². The van der Waals surface area contributed by atoms with Crippen LogP contribution >= 0.6 is 0 Å². The van der Waals surface area contributed by atoms with E-state index in [4.69, 9.17) is 0 Å². The van der Waals surface area contributed by atoms with Crippen molar-refractivity contribution >= 4 is 11.8 Å². The first-order chi connectivity index (χ1) is 12.9. The Bertz CT molecular complexity index is 834. The molecule has 27 heavy (non-hydrogen) atoms. The lowest BCUT2D eigenvalue weighted by atomic mass is 9.80. The number of amides is 2. The van der Waals surface area contributed by atoms with Gasteiger partial charge in [0.2, 0.25) is 5.91 Å². The summed E-state index contributed by atoms with van der Waals surface area (Å²) in [5.74, 6) is -0.569. The van der Waals surface area contributed by atoms with Crippen molar-refractivity contribution in [2.75, 3.05) is 13.1 Å². The average molecular weight is 368 g/mol. The lowest BCUT2D eigenvalue weighted by Crippen LogP contribution is -2.51. The Labute approximate surface area is 159 Å². The number of benzene rings is 2. The molecule has 1 heterocycles. The minimum absolute atomic E-state index is 0.0395. The third kappa shape index (κ3) is 4.35. The van der Waals surface area contributed by atoms with Crippen LogP contribution < -0.4 is 5.32 Å². The second-order valence-corrected chi connectivity index (χ2v) is 7.51. The van der Waals surface area contributed by atoms with Crippen LogP contribution in [0.5, 0.6) is 0 Å². The number of aryl methyl sites for hydroxylation is 1. The van der Waals surface area contributed by atoms with E-state index in [-0.39, 0.29) is 17.6 Å². The zero-order valence-electron chi connectivity index (χ0n) is 15.8. The molecule has 1 aliphatic rings. The maximum Gasteiger partial charge on any atom is 0.253 e. The van der Waals surface area contributed by atoms with E-state index in [2.05, 4.69) is 5.32 Å². The van der Waals surface area contributed by atoms with Gasteiger partial charge in [0.05, 0.1) is 5.41 Å². The normalized spacial score (nSPS) is 19.6. The Morgan fingerprint density at radius 2 is 1.85 bits per heavy atom. The van der Waals surface area contributed by atoms with Gasteiger partial charge in [0.1, 0.15) is 5.82 Å². The number of carbonyl (C=O) groups is 2. The van der Waals surface area contributed by atoms with Crippen LogP contribution in [0.25, 0.3) is 0 Å². The molecular formula is C22H25FN2O2. The summed E-state index contributed by atoms with van der Waals surface area (Å²) < 4.78 is 13.1. The van der Waals surface area contributed by atoms with Crippen LogP contribution in [0.4, 0.5) is 4.39 Å². The molecule has 1 atom stereocenters. The van der Waals surface area contributed by atoms with E-state index >= 15 is 0 Å². The van der Waals surface area contributed by atoms with E-state index in [1.54, 1.807) is 4.90 Å². The zero-order chi connectivity index (χ0) is 19.4. The van der Waals surface area contributed by atoms with Crippen molar-refractivity contribution in [3.63, 3.8) is 0 Å². The standard InChI is InChI=1S/C22H25FN2O2/c1-16-6-3-4-7-18(16)14-24-21(27)22(2)12-5-13-25(15-22)20(26)17-8-10-19(23)11-9-17/h3-4,6-11H,5,12-15H2,1-2H3,(H,24,27)/t22-/m1/s1. The minimum atomic E-state index is -0.628. The molecule has 1 saturated heterocycles. The number of halogens is 1. The van der Waals surface area contributed by atoms with Crippen LogP contribution in [0.2, 0.25) is 0 Å².